The molecule has 26 heavy (non-hydrogen) atoms. The number of fused-ring (bicyclic) bond motifs is 1. The van der Waals surface area contributed by atoms with E-state index in [1.165, 1.54) is 5.56 Å². The molecule has 3 rings (SSSR count). The number of halogens is 2. The van der Waals surface area contributed by atoms with Gasteiger partial charge in [0, 0.05) is 32.0 Å². The van der Waals surface area contributed by atoms with Crippen LogP contribution in [0.1, 0.15) is 11.3 Å². The molecule has 0 aliphatic heterocycles. The minimum absolute atomic E-state index is 0. The summed E-state index contributed by atoms with van der Waals surface area (Å²) in [4.78, 5) is 18.9. The predicted molar refractivity (Wildman–Crippen MR) is 109 cm³/mol. The Bertz CT molecular complexity index is 774. The third-order valence-electron chi connectivity index (χ3n) is 4.01. The van der Waals surface area contributed by atoms with E-state index in [4.69, 9.17) is 5.73 Å². The standard InChI is InChI=1S/C19H22N4O.2ClH/c20-10-13-22(12-9-16-6-2-1-3-7-16)19(24)14-17-15-23-11-5-4-8-18(23)21-17;;/h1-8,11,15H,9-10,12-14,20H2;2*1H. The van der Waals surface area contributed by atoms with Crippen LogP contribution in [-0.4, -0.2) is 39.8 Å². The number of rotatable bonds is 7. The second-order valence-corrected chi connectivity index (χ2v) is 5.78. The average molecular weight is 395 g/mol. The molecule has 0 atom stereocenters. The van der Waals surface area contributed by atoms with E-state index in [0.717, 1.165) is 17.8 Å². The molecule has 1 aromatic carbocycles. The Morgan fingerprint density at radius 3 is 2.46 bits per heavy atom. The summed E-state index contributed by atoms with van der Waals surface area (Å²) in [5.41, 5.74) is 8.54. The van der Waals surface area contributed by atoms with Crippen LogP contribution >= 0.6 is 24.8 Å². The number of imidazole rings is 1. The van der Waals surface area contributed by atoms with E-state index in [-0.39, 0.29) is 30.7 Å². The number of hydrogen-bond donors (Lipinski definition) is 1. The molecule has 0 aliphatic carbocycles. The fourth-order valence-electron chi connectivity index (χ4n) is 2.76. The van der Waals surface area contributed by atoms with Crippen molar-refractivity contribution in [3.8, 4) is 0 Å². The Morgan fingerprint density at radius 1 is 1.04 bits per heavy atom. The Labute approximate surface area is 166 Å². The van der Waals surface area contributed by atoms with Gasteiger partial charge in [0.05, 0.1) is 12.1 Å². The third kappa shape index (κ3) is 5.73. The van der Waals surface area contributed by atoms with E-state index in [1.54, 1.807) is 0 Å². The summed E-state index contributed by atoms with van der Waals surface area (Å²) in [7, 11) is 0. The first-order chi connectivity index (χ1) is 11.8. The van der Waals surface area contributed by atoms with Crippen molar-refractivity contribution in [1.29, 1.82) is 0 Å². The van der Waals surface area contributed by atoms with Crippen LogP contribution in [0.3, 0.4) is 0 Å². The summed E-state index contributed by atoms with van der Waals surface area (Å²) < 4.78 is 1.93. The smallest absolute Gasteiger partial charge is 0.228 e. The Morgan fingerprint density at radius 2 is 1.77 bits per heavy atom. The zero-order valence-electron chi connectivity index (χ0n) is 14.5. The van der Waals surface area contributed by atoms with Crippen molar-refractivity contribution >= 4 is 36.4 Å². The zero-order chi connectivity index (χ0) is 16.8. The molecule has 0 aliphatic rings. The summed E-state index contributed by atoms with van der Waals surface area (Å²) in [6.07, 6.45) is 4.97. The largest absolute Gasteiger partial charge is 0.341 e. The first-order valence-electron chi connectivity index (χ1n) is 8.20. The van der Waals surface area contributed by atoms with Crippen molar-refractivity contribution in [3.63, 3.8) is 0 Å². The van der Waals surface area contributed by atoms with Crippen molar-refractivity contribution < 1.29 is 4.79 Å². The van der Waals surface area contributed by atoms with Crippen molar-refractivity contribution in [3.05, 3.63) is 72.2 Å². The Hall–Kier alpha value is -2.08. The number of hydrogen-bond acceptors (Lipinski definition) is 3. The summed E-state index contributed by atoms with van der Waals surface area (Å²) >= 11 is 0. The number of carbonyl (C=O) groups is 1. The normalized spacial score (nSPS) is 10.0. The summed E-state index contributed by atoms with van der Waals surface area (Å²) in [5, 5.41) is 0. The van der Waals surface area contributed by atoms with E-state index in [1.807, 2.05) is 58.1 Å². The molecule has 0 bridgehead atoms. The highest BCUT2D eigenvalue weighted by molar-refractivity contribution is 5.85. The van der Waals surface area contributed by atoms with Gasteiger partial charge in [0.25, 0.3) is 0 Å². The highest BCUT2D eigenvalue weighted by Gasteiger charge is 2.15. The van der Waals surface area contributed by atoms with Gasteiger partial charge in [-0.1, -0.05) is 36.4 Å². The summed E-state index contributed by atoms with van der Waals surface area (Å²) in [5.74, 6) is 0.0692. The molecule has 2 heterocycles. The van der Waals surface area contributed by atoms with Crippen molar-refractivity contribution in [1.82, 2.24) is 14.3 Å². The number of nitrogens with two attached hydrogens (primary N) is 1. The summed E-state index contributed by atoms with van der Waals surface area (Å²) in [6.45, 7) is 1.71. The fourth-order valence-corrected chi connectivity index (χ4v) is 2.76. The van der Waals surface area contributed by atoms with Crippen LogP contribution in [-0.2, 0) is 17.6 Å². The van der Waals surface area contributed by atoms with Crippen molar-refractivity contribution in [2.24, 2.45) is 5.73 Å². The lowest BCUT2D eigenvalue weighted by atomic mass is 10.1. The lowest BCUT2D eigenvalue weighted by molar-refractivity contribution is -0.130. The van der Waals surface area contributed by atoms with Crippen LogP contribution in [0.4, 0.5) is 0 Å². The molecule has 0 unspecified atom stereocenters. The molecular weight excluding hydrogens is 371 g/mol. The second-order valence-electron chi connectivity index (χ2n) is 5.78. The molecule has 2 aromatic heterocycles. The molecular formula is C19H24Cl2N4O. The van der Waals surface area contributed by atoms with E-state index in [2.05, 4.69) is 17.1 Å². The SMILES string of the molecule is Cl.Cl.NCCN(CCc1ccccc1)C(=O)Cc1cn2ccccc2n1. The number of aromatic nitrogens is 2. The maximum atomic E-state index is 12.6. The van der Waals surface area contributed by atoms with Gasteiger partial charge in [-0.15, -0.1) is 24.8 Å². The topological polar surface area (TPSA) is 63.6 Å². The van der Waals surface area contributed by atoms with Crippen molar-refractivity contribution in [2.45, 2.75) is 12.8 Å². The first kappa shape index (κ1) is 22.0. The first-order valence-corrected chi connectivity index (χ1v) is 8.20. The van der Waals surface area contributed by atoms with E-state index < -0.39 is 0 Å². The molecule has 3 aromatic rings. The molecule has 0 saturated carbocycles. The molecule has 0 saturated heterocycles. The van der Waals surface area contributed by atoms with Crippen molar-refractivity contribution in [2.75, 3.05) is 19.6 Å². The predicted octanol–water partition coefficient (Wildman–Crippen LogP) is 2.75. The van der Waals surface area contributed by atoms with Gasteiger partial charge < -0.3 is 15.0 Å². The van der Waals surface area contributed by atoms with Gasteiger partial charge in [0.2, 0.25) is 5.91 Å². The monoisotopic (exact) mass is 394 g/mol. The third-order valence-corrected chi connectivity index (χ3v) is 4.01. The number of pyridine rings is 1. The van der Waals surface area contributed by atoms with E-state index in [9.17, 15) is 4.79 Å². The molecule has 2 N–H and O–H groups in total. The highest BCUT2D eigenvalue weighted by atomic mass is 35.5. The number of carbonyl (C=O) groups excluding carboxylic acids is 1. The lowest BCUT2D eigenvalue weighted by Gasteiger charge is -2.21. The van der Waals surface area contributed by atoms with Crippen LogP contribution in [0.5, 0.6) is 0 Å². The molecule has 140 valence electrons. The maximum absolute atomic E-state index is 12.6. The van der Waals surface area contributed by atoms with Gasteiger partial charge in [-0.2, -0.15) is 0 Å². The van der Waals surface area contributed by atoms with Crippen LogP contribution in [0, 0.1) is 0 Å². The average Bonchev–Trinajstić information content (AvgIpc) is 3.01. The van der Waals surface area contributed by atoms with E-state index >= 15 is 0 Å². The number of benzene rings is 1. The lowest BCUT2D eigenvalue weighted by Crippen LogP contribution is -2.37. The zero-order valence-corrected chi connectivity index (χ0v) is 16.1. The molecule has 1 amide bonds. The fraction of sp³-hybridized carbons (Fsp3) is 0.263. The van der Waals surface area contributed by atoms with Gasteiger partial charge in [0.15, 0.2) is 0 Å². The maximum Gasteiger partial charge on any atom is 0.228 e. The Kier molecular flexibility index (Phi) is 9.13. The minimum atomic E-state index is 0. The van der Waals surface area contributed by atoms with Gasteiger partial charge in [-0.25, -0.2) is 4.98 Å². The Balaban J connectivity index is 0.00000169. The van der Waals surface area contributed by atoms with Crippen LogP contribution < -0.4 is 5.73 Å². The molecule has 7 heteroatoms. The summed E-state index contributed by atoms with van der Waals surface area (Å²) in [6, 6.07) is 16.0. The van der Waals surface area contributed by atoms with E-state index in [0.29, 0.717) is 26.1 Å². The van der Waals surface area contributed by atoms with Crippen LogP contribution in [0.2, 0.25) is 0 Å². The molecule has 0 spiro atoms. The van der Waals surface area contributed by atoms with Gasteiger partial charge in [-0.05, 0) is 24.1 Å². The quantitative estimate of drug-likeness (QED) is 0.669. The number of nitrogens with zero attached hydrogens (tertiary/aromatic N) is 3. The molecule has 5 nitrogen and oxygen atoms in total. The highest BCUT2D eigenvalue weighted by Crippen LogP contribution is 2.08. The van der Waals surface area contributed by atoms with Gasteiger partial charge in [-0.3, -0.25) is 4.79 Å². The van der Waals surface area contributed by atoms with Gasteiger partial charge >= 0.3 is 0 Å². The van der Waals surface area contributed by atoms with Gasteiger partial charge in [0.1, 0.15) is 5.65 Å². The number of amides is 1. The molecule has 0 radical (unpaired) electrons. The van der Waals surface area contributed by atoms with Crippen LogP contribution in [0.25, 0.3) is 5.65 Å². The minimum Gasteiger partial charge on any atom is -0.341 e. The van der Waals surface area contributed by atoms with Crippen LogP contribution in [0.15, 0.2) is 60.9 Å². The molecule has 0 fully saturated rings. The second kappa shape index (κ2) is 10.8.